The molecular weight excluding hydrogens is 367 g/mol. The van der Waals surface area contributed by atoms with E-state index in [2.05, 4.69) is 10.2 Å². The maximum atomic E-state index is 12.8. The minimum Gasteiger partial charge on any atom is -0.492 e. The monoisotopic (exact) mass is 390 g/mol. The van der Waals surface area contributed by atoms with Gasteiger partial charge < -0.3 is 10.1 Å². The zero-order valence-corrected chi connectivity index (χ0v) is 15.9. The normalized spacial score (nSPS) is 15.5. The minimum atomic E-state index is -0.295. The first-order valence-corrected chi connectivity index (χ1v) is 9.61. The van der Waals surface area contributed by atoms with Gasteiger partial charge in [0.25, 0.3) is 0 Å². The van der Waals surface area contributed by atoms with Gasteiger partial charge >= 0.3 is 0 Å². The lowest BCUT2D eigenvalue weighted by Crippen LogP contribution is -2.41. The molecule has 3 rings (SSSR count). The van der Waals surface area contributed by atoms with Crippen LogP contribution in [0.5, 0.6) is 5.75 Å². The second-order valence-electron chi connectivity index (χ2n) is 6.74. The van der Waals surface area contributed by atoms with E-state index in [0.29, 0.717) is 18.9 Å². The summed E-state index contributed by atoms with van der Waals surface area (Å²) in [6.07, 6.45) is 1.68. The SMILES string of the molecule is O=C(NCCOc1ccc(F)cc1)C1CCN(Cc2ccccc2Cl)CC1. The Labute approximate surface area is 164 Å². The van der Waals surface area contributed by atoms with E-state index in [4.69, 9.17) is 16.3 Å². The van der Waals surface area contributed by atoms with Crippen molar-refractivity contribution in [2.75, 3.05) is 26.2 Å². The van der Waals surface area contributed by atoms with E-state index in [0.717, 1.165) is 43.1 Å². The molecule has 0 aromatic heterocycles. The lowest BCUT2D eigenvalue weighted by atomic mass is 9.95. The predicted octanol–water partition coefficient (Wildman–Crippen LogP) is 3.89. The van der Waals surface area contributed by atoms with Gasteiger partial charge in [-0.25, -0.2) is 4.39 Å². The summed E-state index contributed by atoms with van der Waals surface area (Å²) in [5.74, 6) is 0.420. The number of nitrogens with one attached hydrogen (secondary N) is 1. The first-order chi connectivity index (χ1) is 13.1. The number of likely N-dealkylation sites (tertiary alicyclic amines) is 1. The van der Waals surface area contributed by atoms with Gasteiger partial charge in [-0.05, 0) is 61.8 Å². The predicted molar refractivity (Wildman–Crippen MR) is 104 cm³/mol. The van der Waals surface area contributed by atoms with E-state index in [1.165, 1.54) is 12.1 Å². The second kappa shape index (κ2) is 9.72. The van der Waals surface area contributed by atoms with Crippen molar-refractivity contribution in [1.29, 1.82) is 0 Å². The first-order valence-electron chi connectivity index (χ1n) is 9.23. The van der Waals surface area contributed by atoms with Crippen molar-refractivity contribution in [2.24, 2.45) is 5.92 Å². The molecule has 144 valence electrons. The Bertz CT molecular complexity index is 746. The van der Waals surface area contributed by atoms with Gasteiger partial charge in [-0.15, -0.1) is 0 Å². The van der Waals surface area contributed by atoms with Crippen LogP contribution in [0.3, 0.4) is 0 Å². The second-order valence-corrected chi connectivity index (χ2v) is 7.14. The number of carbonyl (C=O) groups excluding carboxylic acids is 1. The molecule has 4 nitrogen and oxygen atoms in total. The summed E-state index contributed by atoms with van der Waals surface area (Å²) in [7, 11) is 0. The Morgan fingerprint density at radius 2 is 1.85 bits per heavy atom. The molecule has 1 heterocycles. The summed E-state index contributed by atoms with van der Waals surface area (Å²) in [5.41, 5.74) is 1.13. The zero-order chi connectivity index (χ0) is 19.1. The van der Waals surface area contributed by atoms with Gasteiger partial charge in [0, 0.05) is 17.5 Å². The molecule has 0 atom stereocenters. The van der Waals surface area contributed by atoms with Crippen LogP contribution in [0.1, 0.15) is 18.4 Å². The van der Waals surface area contributed by atoms with E-state index in [1.807, 2.05) is 24.3 Å². The molecule has 0 unspecified atom stereocenters. The van der Waals surface area contributed by atoms with Crippen molar-refractivity contribution in [2.45, 2.75) is 19.4 Å². The molecule has 0 saturated carbocycles. The minimum absolute atomic E-state index is 0.0401. The summed E-state index contributed by atoms with van der Waals surface area (Å²) >= 11 is 6.22. The average Bonchev–Trinajstić information content (AvgIpc) is 2.69. The summed E-state index contributed by atoms with van der Waals surface area (Å²) in [4.78, 5) is 14.7. The third kappa shape index (κ3) is 5.94. The number of carbonyl (C=O) groups is 1. The van der Waals surface area contributed by atoms with Crippen molar-refractivity contribution >= 4 is 17.5 Å². The number of hydrogen-bond acceptors (Lipinski definition) is 3. The molecular formula is C21H24ClFN2O2. The van der Waals surface area contributed by atoms with E-state index in [1.54, 1.807) is 12.1 Å². The van der Waals surface area contributed by atoms with Gasteiger partial charge in [0.15, 0.2) is 0 Å². The molecule has 1 aliphatic rings. The van der Waals surface area contributed by atoms with E-state index in [-0.39, 0.29) is 17.6 Å². The fraction of sp³-hybridized carbons (Fsp3) is 0.381. The summed E-state index contributed by atoms with van der Waals surface area (Å²) in [5, 5.41) is 3.72. The average molecular weight is 391 g/mol. The molecule has 0 spiro atoms. The van der Waals surface area contributed by atoms with Crippen LogP contribution in [0.15, 0.2) is 48.5 Å². The number of nitrogens with zero attached hydrogens (tertiary/aromatic N) is 1. The van der Waals surface area contributed by atoms with Crippen molar-refractivity contribution in [3.8, 4) is 5.75 Å². The number of hydrogen-bond donors (Lipinski definition) is 1. The summed E-state index contributed by atoms with van der Waals surface area (Å²) < 4.78 is 18.3. The van der Waals surface area contributed by atoms with Crippen LogP contribution in [0.4, 0.5) is 4.39 Å². The maximum absolute atomic E-state index is 12.8. The van der Waals surface area contributed by atoms with E-state index < -0.39 is 0 Å². The molecule has 1 saturated heterocycles. The molecule has 27 heavy (non-hydrogen) atoms. The highest BCUT2D eigenvalue weighted by Crippen LogP contribution is 2.22. The molecule has 0 aliphatic carbocycles. The van der Waals surface area contributed by atoms with Crippen LogP contribution in [0.2, 0.25) is 5.02 Å². The van der Waals surface area contributed by atoms with Crippen LogP contribution in [-0.4, -0.2) is 37.0 Å². The van der Waals surface area contributed by atoms with E-state index in [9.17, 15) is 9.18 Å². The third-order valence-corrected chi connectivity index (χ3v) is 5.16. The van der Waals surface area contributed by atoms with Gasteiger partial charge in [0.2, 0.25) is 5.91 Å². The molecule has 2 aromatic rings. The van der Waals surface area contributed by atoms with Crippen LogP contribution in [0, 0.1) is 11.7 Å². The molecule has 1 amide bonds. The first kappa shape index (κ1) is 19.6. The Morgan fingerprint density at radius 1 is 1.15 bits per heavy atom. The Balaban J connectivity index is 1.34. The van der Waals surface area contributed by atoms with Crippen LogP contribution in [-0.2, 0) is 11.3 Å². The number of rotatable bonds is 7. The molecule has 1 N–H and O–H groups in total. The third-order valence-electron chi connectivity index (χ3n) is 4.79. The fourth-order valence-electron chi connectivity index (χ4n) is 3.24. The van der Waals surface area contributed by atoms with Crippen LogP contribution in [0.25, 0.3) is 0 Å². The van der Waals surface area contributed by atoms with Crippen molar-refractivity contribution in [1.82, 2.24) is 10.2 Å². The number of ether oxygens (including phenoxy) is 1. The topological polar surface area (TPSA) is 41.6 Å². The number of amides is 1. The fourth-order valence-corrected chi connectivity index (χ4v) is 3.43. The number of benzene rings is 2. The van der Waals surface area contributed by atoms with Crippen molar-refractivity contribution < 1.29 is 13.9 Å². The molecule has 6 heteroatoms. The lowest BCUT2D eigenvalue weighted by Gasteiger charge is -2.31. The maximum Gasteiger partial charge on any atom is 0.223 e. The summed E-state index contributed by atoms with van der Waals surface area (Å²) in [6.45, 7) is 3.39. The number of piperidine rings is 1. The Kier molecular flexibility index (Phi) is 7.07. The lowest BCUT2D eigenvalue weighted by molar-refractivity contribution is -0.126. The van der Waals surface area contributed by atoms with Gasteiger partial charge in [-0.3, -0.25) is 9.69 Å². The van der Waals surface area contributed by atoms with Gasteiger partial charge in [-0.2, -0.15) is 0 Å². The molecule has 2 aromatic carbocycles. The van der Waals surface area contributed by atoms with Crippen LogP contribution >= 0.6 is 11.6 Å². The summed E-state index contributed by atoms with van der Waals surface area (Å²) in [6, 6.07) is 13.7. The van der Waals surface area contributed by atoms with Crippen molar-refractivity contribution in [3.05, 3.63) is 64.9 Å². The highest BCUT2D eigenvalue weighted by atomic mass is 35.5. The number of halogens is 2. The van der Waals surface area contributed by atoms with Gasteiger partial charge in [0.1, 0.15) is 18.2 Å². The quantitative estimate of drug-likeness (QED) is 0.729. The highest BCUT2D eigenvalue weighted by Gasteiger charge is 2.24. The molecule has 0 radical (unpaired) electrons. The Hall–Kier alpha value is -2.11. The highest BCUT2D eigenvalue weighted by molar-refractivity contribution is 6.31. The van der Waals surface area contributed by atoms with Gasteiger partial charge in [0.05, 0.1) is 6.54 Å². The smallest absolute Gasteiger partial charge is 0.223 e. The van der Waals surface area contributed by atoms with Crippen LogP contribution < -0.4 is 10.1 Å². The molecule has 1 aliphatic heterocycles. The zero-order valence-electron chi connectivity index (χ0n) is 15.2. The molecule has 1 fully saturated rings. The Morgan fingerprint density at radius 3 is 2.56 bits per heavy atom. The molecule has 0 bridgehead atoms. The van der Waals surface area contributed by atoms with E-state index >= 15 is 0 Å². The van der Waals surface area contributed by atoms with Crippen molar-refractivity contribution in [3.63, 3.8) is 0 Å². The standard InChI is InChI=1S/C21H24ClFN2O2/c22-20-4-2-1-3-17(20)15-25-12-9-16(10-13-25)21(26)24-11-14-27-19-7-5-18(23)6-8-19/h1-8,16H,9-15H2,(H,24,26). The largest absolute Gasteiger partial charge is 0.492 e. The van der Waals surface area contributed by atoms with Gasteiger partial charge in [-0.1, -0.05) is 29.8 Å².